The van der Waals surface area contributed by atoms with Gasteiger partial charge < -0.3 is 33.2 Å². The normalized spacial score (nSPS) is 61.0. The molecule has 47 atom stereocenters. The summed E-state index contributed by atoms with van der Waals surface area (Å²) in [7, 11) is 0. The van der Waals surface area contributed by atoms with Crippen LogP contribution in [-0.4, -0.2) is 85.5 Å². The second-order valence-electron chi connectivity index (χ2n) is 39.2. The molecule has 19 aliphatic carbocycles. The Morgan fingerprint density at radius 2 is 0.750 bits per heavy atom. The van der Waals surface area contributed by atoms with Gasteiger partial charge in [0.15, 0.2) is 0 Å². The lowest BCUT2D eigenvalue weighted by atomic mass is 9.62. The summed E-state index contributed by atoms with van der Waals surface area (Å²) in [5.74, 6) is 27.2. The largest absolute Gasteiger partial charge is 0.465 e. The van der Waals surface area contributed by atoms with Crippen molar-refractivity contribution in [3.63, 3.8) is 0 Å². The molecule has 18 bridgehead atoms. The standard InChI is InChI=1S/C24H32O4.C23H30O4.C19H26O4.C16H24O2/c1-8-9(2)13-6-12(8)19-11-4-15(20(13)19)16(5-11)23(25)27-21-14-7-17-18(10(14)3)24(26)28-22(17)21;1-8-9(2)13-7-12(8)18-10-3-14(19(13)18)16(4-10)22(24)26-20-11-5-15-17(6-11)23(25)27-21(15)20;1-8-9(2)12-7-11(8)16-10-5-13(17(12)16)14(6-10)18(20)23-15-3-4-22-19(15)21;1-8-5-14-13-7-10(15(14)9(8)2)6-12(13)11-3-4-18-16(11)17/h8-22H,4-7H2,1-3H3;8-21H,3-7H2,1-2H3;8-17H,3-7H2,1-2H3;8-15H,3-7H2,1-2H3. The molecule has 14 nitrogen and oxygen atoms in total. The van der Waals surface area contributed by atoms with Gasteiger partial charge in [0.2, 0.25) is 6.10 Å². The lowest BCUT2D eigenvalue weighted by Crippen LogP contribution is -2.44. The summed E-state index contributed by atoms with van der Waals surface area (Å²) in [5, 5.41) is 0. The first-order valence-electron chi connectivity index (χ1n) is 40.6. The number of hydrogen-bond donors (Lipinski definition) is 0. The molecule has 4 aliphatic heterocycles. The zero-order valence-electron chi connectivity index (χ0n) is 58.8. The van der Waals surface area contributed by atoms with Crippen molar-refractivity contribution in [3.8, 4) is 0 Å². The number of rotatable bonds is 7. The third-order valence-electron chi connectivity index (χ3n) is 37.4. The van der Waals surface area contributed by atoms with E-state index in [4.69, 9.17) is 33.2 Å². The molecule has 47 unspecified atom stereocenters. The van der Waals surface area contributed by atoms with Gasteiger partial charge in [-0.2, -0.15) is 0 Å². The van der Waals surface area contributed by atoms with Crippen LogP contribution in [0.3, 0.4) is 0 Å². The third kappa shape index (κ3) is 8.43. The Labute approximate surface area is 569 Å². The van der Waals surface area contributed by atoms with Gasteiger partial charge in [-0.1, -0.05) is 62.3 Å². The quantitative estimate of drug-likeness (QED) is 0.133. The molecule has 96 heavy (non-hydrogen) atoms. The van der Waals surface area contributed by atoms with Gasteiger partial charge in [-0.25, -0.2) is 4.79 Å². The highest BCUT2D eigenvalue weighted by atomic mass is 16.6. The number of cyclic esters (lactones) is 2. The maximum absolute atomic E-state index is 13.3. The van der Waals surface area contributed by atoms with Crippen LogP contribution in [0.15, 0.2) is 0 Å². The van der Waals surface area contributed by atoms with Crippen LogP contribution in [0.1, 0.15) is 171 Å². The summed E-state index contributed by atoms with van der Waals surface area (Å²) >= 11 is 0. The monoisotopic (exact) mass is 1320 g/mol. The van der Waals surface area contributed by atoms with E-state index in [1.165, 1.54) is 57.8 Å². The summed E-state index contributed by atoms with van der Waals surface area (Å²) in [4.78, 5) is 86.7. The maximum atomic E-state index is 13.3. The Bertz CT molecular complexity index is 3250. The SMILES string of the molecule is CC1C(C)C2CC1C1C3CC(C(=O)OC4C5CC6C(=O)OC4C6C5)C(C3)C21.CC1C(C)C2CC1C1C3CC(C(=O)OC4C5CC6C4OC(=O)C6C5C)C(C3)C21.CC1C(C)C2CC1C1C3CC(C(=O)OC4CCOC4=O)C(C3)C21.CC1CC2C3CC(CC3C3CCOC3=O)C2C1C. The predicted molar refractivity (Wildman–Crippen MR) is 347 cm³/mol. The molecule has 0 aromatic carbocycles. The Balaban J connectivity index is 0.0000000886. The number of carbonyl (C=O) groups is 7. The number of ether oxygens (including phenoxy) is 7. The van der Waals surface area contributed by atoms with Crippen LogP contribution in [0.2, 0.25) is 0 Å². The molecule has 524 valence electrons. The summed E-state index contributed by atoms with van der Waals surface area (Å²) in [6.45, 7) is 22.8. The number of hydrogen-bond acceptors (Lipinski definition) is 14. The van der Waals surface area contributed by atoms with E-state index in [1.807, 2.05) is 0 Å². The van der Waals surface area contributed by atoms with Gasteiger partial charge in [0, 0.05) is 30.1 Å². The van der Waals surface area contributed by atoms with Crippen LogP contribution >= 0.6 is 0 Å². The van der Waals surface area contributed by atoms with Gasteiger partial charge in [-0.05, 0) is 292 Å². The third-order valence-corrected chi connectivity index (χ3v) is 37.4. The summed E-state index contributed by atoms with van der Waals surface area (Å²) < 4.78 is 39.2. The van der Waals surface area contributed by atoms with E-state index < -0.39 is 6.10 Å². The molecule has 14 heteroatoms. The molecular weight excluding hydrogens is 1210 g/mol. The highest BCUT2D eigenvalue weighted by Crippen LogP contribution is 2.75. The number of fused-ring (bicyclic) bond motifs is 34. The van der Waals surface area contributed by atoms with E-state index in [9.17, 15) is 33.6 Å². The topological polar surface area (TPSA) is 184 Å². The van der Waals surface area contributed by atoms with Crippen LogP contribution in [0.4, 0.5) is 0 Å². The Morgan fingerprint density at radius 3 is 1.27 bits per heavy atom. The van der Waals surface area contributed by atoms with Gasteiger partial charge in [0.05, 0.1) is 48.7 Å². The summed E-state index contributed by atoms with van der Waals surface area (Å²) in [6.07, 6.45) is 18.4. The first-order valence-corrected chi connectivity index (χ1v) is 40.6. The van der Waals surface area contributed by atoms with E-state index in [1.54, 1.807) is 0 Å². The van der Waals surface area contributed by atoms with E-state index in [0.717, 1.165) is 205 Å². The molecular formula is C82H112O14. The van der Waals surface area contributed by atoms with E-state index in [2.05, 4.69) is 62.3 Å². The Hall–Kier alpha value is -3.71. The molecule has 23 fully saturated rings. The average molecular weight is 1320 g/mol. The predicted octanol–water partition coefficient (Wildman–Crippen LogP) is 12.6. The lowest BCUT2D eigenvalue weighted by molar-refractivity contribution is -0.169. The molecule has 0 amide bonds. The van der Waals surface area contributed by atoms with Crippen LogP contribution in [0.25, 0.3) is 0 Å². The molecule has 0 spiro atoms. The minimum Gasteiger partial charge on any atom is -0.465 e. The molecule has 0 aromatic heterocycles. The van der Waals surface area contributed by atoms with Crippen molar-refractivity contribution in [2.75, 3.05) is 13.2 Å². The fraction of sp³-hybridized carbons (Fsp3) is 0.915. The minimum atomic E-state index is -0.642. The lowest BCUT2D eigenvalue weighted by Gasteiger charge is -2.43. The van der Waals surface area contributed by atoms with Crippen molar-refractivity contribution in [1.29, 1.82) is 0 Å². The smallest absolute Gasteiger partial charge is 0.347 e. The van der Waals surface area contributed by atoms with Crippen LogP contribution in [0, 0.1) is 249 Å². The van der Waals surface area contributed by atoms with Crippen LogP contribution < -0.4 is 0 Å². The molecule has 0 aromatic rings. The Kier molecular flexibility index (Phi) is 14.2. The van der Waals surface area contributed by atoms with Crippen molar-refractivity contribution in [2.45, 2.75) is 202 Å². The van der Waals surface area contributed by atoms with Gasteiger partial charge in [0.25, 0.3) is 0 Å². The number of carbonyl (C=O) groups excluding carboxylic acids is 7. The summed E-state index contributed by atoms with van der Waals surface area (Å²) in [5.41, 5.74) is 0. The van der Waals surface area contributed by atoms with E-state index in [-0.39, 0.29) is 102 Å². The fourth-order valence-corrected chi connectivity index (χ4v) is 33.4. The minimum absolute atomic E-state index is 0.0384. The van der Waals surface area contributed by atoms with Gasteiger partial charge in [-0.15, -0.1) is 0 Å². The second-order valence-corrected chi connectivity index (χ2v) is 39.2. The van der Waals surface area contributed by atoms with Crippen molar-refractivity contribution in [3.05, 3.63) is 0 Å². The van der Waals surface area contributed by atoms with Crippen molar-refractivity contribution in [1.82, 2.24) is 0 Å². The first-order chi connectivity index (χ1) is 46.2. The van der Waals surface area contributed by atoms with E-state index >= 15 is 0 Å². The van der Waals surface area contributed by atoms with Gasteiger partial charge in [-0.3, -0.25) is 28.8 Å². The highest BCUT2D eigenvalue weighted by molar-refractivity contribution is 5.82. The van der Waals surface area contributed by atoms with E-state index in [0.29, 0.717) is 72.9 Å². The van der Waals surface area contributed by atoms with Crippen molar-refractivity contribution in [2.24, 2.45) is 249 Å². The molecule has 0 radical (unpaired) electrons. The molecule has 0 N–H and O–H groups in total. The van der Waals surface area contributed by atoms with Gasteiger partial charge >= 0.3 is 41.8 Å². The maximum Gasteiger partial charge on any atom is 0.347 e. The highest BCUT2D eigenvalue weighted by Gasteiger charge is 2.73. The van der Waals surface area contributed by atoms with Gasteiger partial charge in [0.1, 0.15) is 24.4 Å². The first kappa shape index (κ1) is 62.1. The number of esters is 7. The molecule has 4 heterocycles. The molecule has 23 aliphatic rings. The zero-order chi connectivity index (χ0) is 65.6. The molecule has 23 rings (SSSR count). The fourth-order valence-electron chi connectivity index (χ4n) is 33.4. The van der Waals surface area contributed by atoms with Crippen molar-refractivity contribution >= 4 is 41.8 Å². The zero-order valence-corrected chi connectivity index (χ0v) is 58.8. The second kappa shape index (κ2) is 21.9. The molecule has 19 saturated carbocycles. The van der Waals surface area contributed by atoms with Crippen LogP contribution in [0.5, 0.6) is 0 Å². The average Bonchev–Trinajstić information content (AvgIpc) is 1.55. The van der Waals surface area contributed by atoms with Crippen molar-refractivity contribution < 1.29 is 66.7 Å². The van der Waals surface area contributed by atoms with Crippen LogP contribution in [-0.2, 0) is 66.7 Å². The molecule has 4 saturated heterocycles. The summed E-state index contributed by atoms with van der Waals surface area (Å²) in [6, 6.07) is 0. The Morgan fingerprint density at radius 1 is 0.312 bits per heavy atom.